The van der Waals surface area contributed by atoms with Crippen LogP contribution >= 0.6 is 11.6 Å². The number of nitrogens with two attached hydrogens (primary N) is 1. The van der Waals surface area contributed by atoms with Gasteiger partial charge in [0.2, 0.25) is 10.0 Å². The van der Waals surface area contributed by atoms with Gasteiger partial charge in [0, 0.05) is 29.4 Å². The van der Waals surface area contributed by atoms with Crippen LogP contribution in [0.5, 0.6) is 5.75 Å². The number of benzene rings is 2. The number of nitrogens with zero attached hydrogens (tertiary/aromatic N) is 1. The first-order valence-electron chi connectivity index (χ1n) is 7.69. The average Bonchev–Trinajstić information content (AvgIpc) is 2.55. The van der Waals surface area contributed by atoms with Crippen molar-refractivity contribution in [3.8, 4) is 5.75 Å². The normalized spacial score (nSPS) is 11.7. The highest BCUT2D eigenvalue weighted by molar-refractivity contribution is 7.89. The first kappa shape index (κ1) is 19.5. The van der Waals surface area contributed by atoms with Gasteiger partial charge in [0.25, 0.3) is 0 Å². The Morgan fingerprint density at radius 3 is 2.48 bits per heavy atom. The number of rotatable bonds is 8. The monoisotopic (exact) mass is 383 g/mol. The van der Waals surface area contributed by atoms with E-state index in [1.54, 1.807) is 30.3 Å². The molecule has 0 aliphatic carbocycles. The molecule has 6 nitrogen and oxygen atoms in total. The van der Waals surface area contributed by atoms with Gasteiger partial charge in [-0.2, -0.15) is 0 Å². The molecule has 0 radical (unpaired) electrons. The molecule has 2 rings (SSSR count). The molecule has 25 heavy (non-hydrogen) atoms. The van der Waals surface area contributed by atoms with Crippen molar-refractivity contribution in [1.29, 1.82) is 0 Å². The zero-order chi connectivity index (χ0) is 18.4. The number of hydrogen-bond donors (Lipinski definition) is 2. The highest BCUT2D eigenvalue weighted by Crippen LogP contribution is 2.23. The Morgan fingerprint density at radius 1 is 1.16 bits per heavy atom. The molecule has 2 aromatic carbocycles. The highest BCUT2D eigenvalue weighted by Gasteiger charge is 2.15. The maximum atomic E-state index is 12.4. The summed E-state index contributed by atoms with van der Waals surface area (Å²) in [5.41, 5.74) is 6.77. The number of nitrogens with one attached hydrogen (secondary N) is 1. The number of hydrogen-bond acceptors (Lipinski definition) is 5. The van der Waals surface area contributed by atoms with E-state index >= 15 is 0 Å². The van der Waals surface area contributed by atoms with Crippen molar-refractivity contribution in [3.63, 3.8) is 0 Å². The minimum absolute atomic E-state index is 0.0740. The van der Waals surface area contributed by atoms with Crippen molar-refractivity contribution in [2.45, 2.75) is 11.4 Å². The predicted octanol–water partition coefficient (Wildman–Crippen LogP) is 2.34. The number of halogens is 1. The Bertz CT molecular complexity index is 808. The van der Waals surface area contributed by atoms with Crippen molar-refractivity contribution in [2.24, 2.45) is 0 Å². The molecule has 0 heterocycles. The van der Waals surface area contributed by atoms with Crippen LogP contribution in [0.15, 0.2) is 47.4 Å². The van der Waals surface area contributed by atoms with Crippen molar-refractivity contribution in [3.05, 3.63) is 53.1 Å². The summed E-state index contributed by atoms with van der Waals surface area (Å²) in [6.07, 6.45) is 0. The van der Waals surface area contributed by atoms with E-state index in [-0.39, 0.29) is 11.4 Å². The second-order valence-electron chi connectivity index (χ2n) is 5.80. The van der Waals surface area contributed by atoms with Crippen LogP contribution in [0.4, 0.5) is 5.69 Å². The average molecular weight is 384 g/mol. The summed E-state index contributed by atoms with van der Waals surface area (Å²) in [7, 11) is 0.251. The number of likely N-dealkylation sites (N-methyl/N-ethyl adjacent to an activating group) is 1. The standard InChI is InChI=1S/C17H22ClN3O3S/c1-21(2)9-10-24-17-8-3-14(18)11-13(17)12-20-25(22,23)16-6-4-15(19)5-7-16/h3-8,11,20H,9-10,12,19H2,1-2H3. The summed E-state index contributed by atoms with van der Waals surface area (Å²) in [6, 6.07) is 11.2. The molecule has 136 valence electrons. The predicted molar refractivity (Wildman–Crippen MR) is 100 cm³/mol. The molecule has 0 saturated heterocycles. The van der Waals surface area contributed by atoms with Gasteiger partial charge in [-0.15, -0.1) is 0 Å². The van der Waals surface area contributed by atoms with Crippen LogP contribution in [0.2, 0.25) is 5.02 Å². The molecule has 0 aromatic heterocycles. The maximum absolute atomic E-state index is 12.4. The smallest absolute Gasteiger partial charge is 0.240 e. The third-order valence-electron chi connectivity index (χ3n) is 3.46. The molecule has 0 unspecified atom stereocenters. The second kappa shape index (κ2) is 8.53. The number of ether oxygens (including phenoxy) is 1. The van der Waals surface area contributed by atoms with Gasteiger partial charge in [0.05, 0.1) is 4.90 Å². The van der Waals surface area contributed by atoms with Crippen molar-refractivity contribution < 1.29 is 13.2 Å². The molecular formula is C17H22ClN3O3S. The van der Waals surface area contributed by atoms with E-state index in [9.17, 15) is 8.42 Å². The maximum Gasteiger partial charge on any atom is 0.240 e. The van der Waals surface area contributed by atoms with E-state index in [2.05, 4.69) is 4.72 Å². The first-order chi connectivity index (χ1) is 11.8. The quantitative estimate of drug-likeness (QED) is 0.683. The molecule has 0 aliphatic rings. The Kier molecular flexibility index (Phi) is 6.66. The van der Waals surface area contributed by atoms with Crippen LogP contribution in [0.1, 0.15) is 5.56 Å². The molecule has 2 aromatic rings. The molecule has 3 N–H and O–H groups in total. The van der Waals surface area contributed by atoms with Gasteiger partial charge in [-0.3, -0.25) is 0 Å². The van der Waals surface area contributed by atoms with Gasteiger partial charge in [-0.05, 0) is 56.6 Å². The van der Waals surface area contributed by atoms with E-state index in [1.165, 1.54) is 12.1 Å². The SMILES string of the molecule is CN(C)CCOc1ccc(Cl)cc1CNS(=O)(=O)c1ccc(N)cc1. The zero-order valence-corrected chi connectivity index (χ0v) is 15.8. The van der Waals surface area contributed by atoms with Crippen LogP contribution in [-0.4, -0.2) is 40.6 Å². The summed E-state index contributed by atoms with van der Waals surface area (Å²) in [4.78, 5) is 2.15. The number of nitrogen functional groups attached to an aromatic ring is 1. The van der Waals surface area contributed by atoms with E-state index < -0.39 is 10.0 Å². The van der Waals surface area contributed by atoms with Gasteiger partial charge in [0.1, 0.15) is 12.4 Å². The van der Waals surface area contributed by atoms with Crippen LogP contribution < -0.4 is 15.2 Å². The number of sulfonamides is 1. The summed E-state index contributed by atoms with van der Waals surface area (Å²) in [5, 5.41) is 0.515. The zero-order valence-electron chi connectivity index (χ0n) is 14.2. The molecule has 0 saturated carbocycles. The molecule has 0 fully saturated rings. The van der Waals surface area contributed by atoms with Crippen LogP contribution in [0.25, 0.3) is 0 Å². The lowest BCUT2D eigenvalue weighted by atomic mass is 10.2. The van der Waals surface area contributed by atoms with Gasteiger partial charge in [-0.25, -0.2) is 13.1 Å². The minimum atomic E-state index is -3.65. The Balaban J connectivity index is 2.10. The molecule has 0 amide bonds. The topological polar surface area (TPSA) is 84.7 Å². The molecule has 0 spiro atoms. The minimum Gasteiger partial charge on any atom is -0.492 e. The Morgan fingerprint density at radius 2 is 1.84 bits per heavy atom. The summed E-state index contributed by atoms with van der Waals surface area (Å²) in [6.45, 7) is 1.32. The molecule has 8 heteroatoms. The Hall–Kier alpha value is -1.80. The highest BCUT2D eigenvalue weighted by atomic mass is 35.5. The summed E-state index contributed by atoms with van der Waals surface area (Å²) >= 11 is 6.03. The van der Waals surface area contributed by atoms with Crippen LogP contribution in [-0.2, 0) is 16.6 Å². The molecular weight excluding hydrogens is 362 g/mol. The fourth-order valence-electron chi connectivity index (χ4n) is 2.07. The summed E-state index contributed by atoms with van der Waals surface area (Å²) in [5.74, 6) is 0.603. The Labute approximate surface area is 153 Å². The second-order valence-corrected chi connectivity index (χ2v) is 8.00. The van der Waals surface area contributed by atoms with Crippen LogP contribution in [0, 0.1) is 0 Å². The van der Waals surface area contributed by atoms with Crippen molar-refractivity contribution in [2.75, 3.05) is 33.0 Å². The van der Waals surface area contributed by atoms with E-state index in [1.807, 2.05) is 19.0 Å². The lowest BCUT2D eigenvalue weighted by molar-refractivity contribution is 0.259. The number of anilines is 1. The largest absolute Gasteiger partial charge is 0.492 e. The summed E-state index contributed by atoms with van der Waals surface area (Å²) < 4.78 is 33.1. The molecule has 0 atom stereocenters. The van der Waals surface area contributed by atoms with Crippen molar-refractivity contribution >= 4 is 27.3 Å². The lowest BCUT2D eigenvalue weighted by Gasteiger charge is -2.15. The van der Waals surface area contributed by atoms with Gasteiger partial charge >= 0.3 is 0 Å². The van der Waals surface area contributed by atoms with Gasteiger partial charge in [-0.1, -0.05) is 11.6 Å². The lowest BCUT2D eigenvalue weighted by Crippen LogP contribution is -2.24. The van der Waals surface area contributed by atoms with Crippen molar-refractivity contribution in [1.82, 2.24) is 9.62 Å². The van der Waals surface area contributed by atoms with E-state index in [0.29, 0.717) is 28.6 Å². The molecule has 0 aliphatic heterocycles. The fourth-order valence-corrected chi connectivity index (χ4v) is 3.27. The van der Waals surface area contributed by atoms with Gasteiger partial charge in [0.15, 0.2) is 0 Å². The van der Waals surface area contributed by atoms with Gasteiger partial charge < -0.3 is 15.4 Å². The molecule has 0 bridgehead atoms. The first-order valence-corrected chi connectivity index (χ1v) is 9.55. The van der Waals surface area contributed by atoms with Crippen LogP contribution in [0.3, 0.4) is 0 Å². The van der Waals surface area contributed by atoms with E-state index in [4.69, 9.17) is 22.1 Å². The van der Waals surface area contributed by atoms with E-state index in [0.717, 1.165) is 6.54 Å². The fraction of sp³-hybridized carbons (Fsp3) is 0.294. The third-order valence-corrected chi connectivity index (χ3v) is 5.11. The third kappa shape index (κ3) is 5.89.